The summed E-state index contributed by atoms with van der Waals surface area (Å²) in [6, 6.07) is 1.56. The minimum Gasteiger partial charge on any atom is -0.341 e. The lowest BCUT2D eigenvalue weighted by atomic mass is 9.87. The number of nitrogens with zero attached hydrogens (tertiary/aromatic N) is 4. The van der Waals surface area contributed by atoms with E-state index in [2.05, 4.69) is 15.6 Å². The fourth-order valence-corrected chi connectivity index (χ4v) is 5.28. The lowest BCUT2D eigenvalue weighted by Gasteiger charge is -2.31. The first-order valence-corrected chi connectivity index (χ1v) is 13.0. The summed E-state index contributed by atoms with van der Waals surface area (Å²) in [6.45, 7) is 7.86. The quantitative estimate of drug-likeness (QED) is 0.573. The van der Waals surface area contributed by atoms with Gasteiger partial charge in [-0.3, -0.25) is 14.4 Å². The van der Waals surface area contributed by atoms with Gasteiger partial charge in [0.15, 0.2) is 5.82 Å². The van der Waals surface area contributed by atoms with E-state index in [0.29, 0.717) is 49.3 Å². The van der Waals surface area contributed by atoms with Crippen molar-refractivity contribution in [3.8, 4) is 0 Å². The van der Waals surface area contributed by atoms with Crippen molar-refractivity contribution in [1.82, 2.24) is 24.7 Å². The van der Waals surface area contributed by atoms with Gasteiger partial charge in [0.25, 0.3) is 0 Å². The van der Waals surface area contributed by atoms with Gasteiger partial charge in [0.1, 0.15) is 17.2 Å². The van der Waals surface area contributed by atoms with Gasteiger partial charge in [0, 0.05) is 45.4 Å². The number of anilines is 1. The van der Waals surface area contributed by atoms with E-state index in [4.69, 9.17) is 0 Å². The highest BCUT2D eigenvalue weighted by atomic mass is 19.1. The van der Waals surface area contributed by atoms with Gasteiger partial charge in [-0.05, 0) is 63.6 Å². The first-order valence-electron chi connectivity index (χ1n) is 13.0. The van der Waals surface area contributed by atoms with Crippen molar-refractivity contribution >= 4 is 23.5 Å². The molecule has 38 heavy (non-hydrogen) atoms. The largest absolute Gasteiger partial charge is 0.341 e. The number of imidazole rings is 1. The summed E-state index contributed by atoms with van der Waals surface area (Å²) in [7, 11) is 1.75. The van der Waals surface area contributed by atoms with Crippen LogP contribution in [0.3, 0.4) is 0 Å². The number of carbonyl (C=O) groups is 3. The third-order valence-electron chi connectivity index (χ3n) is 7.84. The molecule has 11 heteroatoms. The minimum absolute atomic E-state index is 0.00539. The van der Waals surface area contributed by atoms with Crippen LogP contribution in [0.2, 0.25) is 0 Å². The molecule has 1 aliphatic carbocycles. The third kappa shape index (κ3) is 5.72. The Morgan fingerprint density at radius 2 is 1.95 bits per heavy atom. The molecule has 3 amide bonds. The SMILES string of the molecule is CC(=O)N(C)C1CCN(C(=O)C(C)(C)n2cnc(NC(=O)C(C)NC3CCc4cc(F)cc(F)c4C3)c2)C1. The average Bonchev–Trinajstić information content (AvgIpc) is 3.53. The van der Waals surface area contributed by atoms with Crippen molar-refractivity contribution in [3.63, 3.8) is 0 Å². The number of hydrogen-bond acceptors (Lipinski definition) is 5. The van der Waals surface area contributed by atoms with E-state index in [-0.39, 0.29) is 29.8 Å². The molecule has 4 rings (SSSR count). The van der Waals surface area contributed by atoms with Crippen LogP contribution in [0.15, 0.2) is 24.7 Å². The number of halogens is 2. The lowest BCUT2D eigenvalue weighted by Crippen LogP contribution is -2.47. The summed E-state index contributed by atoms with van der Waals surface area (Å²) in [5.74, 6) is -1.24. The molecule has 2 heterocycles. The Bertz CT molecular complexity index is 1230. The standard InChI is InChI=1S/C27H36F2N6O3/c1-16(31-20-7-6-18-10-19(28)11-23(29)22(18)12-20)25(37)32-24-14-35(15-30-24)27(3,4)26(38)34-9-8-21(13-34)33(5)17(2)36/h10-11,14-16,20-21,31H,6-9,12-13H2,1-5H3,(H,32,37). The molecule has 0 bridgehead atoms. The second-order valence-corrected chi connectivity index (χ2v) is 10.9. The molecule has 0 spiro atoms. The van der Waals surface area contributed by atoms with Crippen LogP contribution in [0.4, 0.5) is 14.6 Å². The summed E-state index contributed by atoms with van der Waals surface area (Å²) in [4.78, 5) is 45.6. The predicted octanol–water partition coefficient (Wildman–Crippen LogP) is 2.45. The summed E-state index contributed by atoms with van der Waals surface area (Å²) in [5, 5.41) is 6.02. The van der Waals surface area contributed by atoms with Gasteiger partial charge >= 0.3 is 0 Å². The highest BCUT2D eigenvalue weighted by Crippen LogP contribution is 2.26. The molecule has 2 N–H and O–H groups in total. The molecule has 3 atom stereocenters. The van der Waals surface area contributed by atoms with Crippen molar-refractivity contribution < 1.29 is 23.2 Å². The van der Waals surface area contributed by atoms with Gasteiger partial charge in [-0.1, -0.05) is 0 Å². The fourth-order valence-electron chi connectivity index (χ4n) is 5.28. The Kier molecular flexibility index (Phi) is 7.87. The Balaban J connectivity index is 1.33. The van der Waals surface area contributed by atoms with E-state index < -0.39 is 23.2 Å². The zero-order valence-electron chi connectivity index (χ0n) is 22.6. The van der Waals surface area contributed by atoms with Crippen LogP contribution >= 0.6 is 0 Å². The highest BCUT2D eigenvalue weighted by Gasteiger charge is 2.38. The smallest absolute Gasteiger partial charge is 0.248 e. The summed E-state index contributed by atoms with van der Waals surface area (Å²) in [6.07, 6.45) is 5.44. The molecule has 0 saturated carbocycles. The molecule has 2 aromatic rings. The zero-order chi connectivity index (χ0) is 27.8. The number of rotatable bonds is 7. The number of nitrogens with one attached hydrogen (secondary N) is 2. The van der Waals surface area contributed by atoms with E-state index in [0.717, 1.165) is 12.5 Å². The number of aryl methyl sites for hydroxylation is 1. The van der Waals surface area contributed by atoms with E-state index in [1.807, 2.05) is 0 Å². The zero-order valence-corrected chi connectivity index (χ0v) is 22.6. The maximum atomic E-state index is 14.2. The van der Waals surface area contributed by atoms with E-state index >= 15 is 0 Å². The van der Waals surface area contributed by atoms with Crippen LogP contribution in [-0.4, -0.2) is 75.3 Å². The van der Waals surface area contributed by atoms with Crippen LogP contribution < -0.4 is 10.6 Å². The number of aromatic nitrogens is 2. The first-order chi connectivity index (χ1) is 17.9. The Labute approximate surface area is 221 Å². The van der Waals surface area contributed by atoms with Crippen LogP contribution in [0.25, 0.3) is 0 Å². The number of benzene rings is 1. The normalized spacial score (nSPS) is 20.1. The molecular formula is C27H36F2N6O3. The molecular weight excluding hydrogens is 494 g/mol. The van der Waals surface area contributed by atoms with Crippen molar-refractivity contribution in [2.24, 2.45) is 0 Å². The highest BCUT2D eigenvalue weighted by molar-refractivity contribution is 5.93. The van der Waals surface area contributed by atoms with Crippen molar-refractivity contribution in [2.75, 3.05) is 25.5 Å². The van der Waals surface area contributed by atoms with Gasteiger partial charge in [-0.15, -0.1) is 0 Å². The van der Waals surface area contributed by atoms with Crippen LogP contribution in [0.1, 0.15) is 51.7 Å². The molecule has 9 nitrogen and oxygen atoms in total. The van der Waals surface area contributed by atoms with Gasteiger partial charge < -0.3 is 25.0 Å². The Morgan fingerprint density at radius 1 is 1.21 bits per heavy atom. The Hall–Kier alpha value is -3.34. The molecule has 1 aliphatic heterocycles. The monoisotopic (exact) mass is 530 g/mol. The summed E-state index contributed by atoms with van der Waals surface area (Å²) < 4.78 is 29.4. The number of likely N-dealkylation sites (N-methyl/N-ethyl adjacent to an activating group) is 1. The maximum Gasteiger partial charge on any atom is 0.248 e. The van der Waals surface area contributed by atoms with Gasteiger partial charge in [-0.2, -0.15) is 0 Å². The molecule has 1 aromatic carbocycles. The average molecular weight is 531 g/mol. The number of likely N-dealkylation sites (tertiary alicyclic amines) is 1. The number of fused-ring (bicyclic) bond motifs is 1. The molecule has 1 aromatic heterocycles. The second-order valence-electron chi connectivity index (χ2n) is 10.9. The molecule has 3 unspecified atom stereocenters. The van der Waals surface area contributed by atoms with E-state index in [9.17, 15) is 23.2 Å². The number of hydrogen-bond donors (Lipinski definition) is 2. The second kappa shape index (κ2) is 10.8. The third-order valence-corrected chi connectivity index (χ3v) is 7.84. The van der Waals surface area contributed by atoms with Crippen LogP contribution in [0.5, 0.6) is 0 Å². The van der Waals surface area contributed by atoms with Gasteiger partial charge in [0.05, 0.1) is 18.4 Å². The lowest BCUT2D eigenvalue weighted by molar-refractivity contribution is -0.139. The van der Waals surface area contributed by atoms with Crippen LogP contribution in [-0.2, 0) is 32.8 Å². The topological polar surface area (TPSA) is 99.6 Å². The fraction of sp³-hybridized carbons (Fsp3) is 0.556. The van der Waals surface area contributed by atoms with Crippen molar-refractivity contribution in [1.29, 1.82) is 0 Å². The van der Waals surface area contributed by atoms with Crippen molar-refractivity contribution in [3.05, 3.63) is 47.4 Å². The van der Waals surface area contributed by atoms with Crippen LogP contribution in [0, 0.1) is 11.6 Å². The van der Waals surface area contributed by atoms with E-state index in [1.165, 1.54) is 19.3 Å². The van der Waals surface area contributed by atoms with Gasteiger partial charge in [-0.25, -0.2) is 13.8 Å². The van der Waals surface area contributed by atoms with Gasteiger partial charge in [0.2, 0.25) is 17.7 Å². The van der Waals surface area contributed by atoms with E-state index in [1.54, 1.807) is 48.4 Å². The molecule has 1 fully saturated rings. The number of amides is 3. The first kappa shape index (κ1) is 27.7. The number of carbonyl (C=O) groups excluding carboxylic acids is 3. The molecule has 1 saturated heterocycles. The maximum absolute atomic E-state index is 14.2. The molecule has 206 valence electrons. The minimum atomic E-state index is -0.942. The summed E-state index contributed by atoms with van der Waals surface area (Å²) >= 11 is 0. The van der Waals surface area contributed by atoms with Crippen molar-refractivity contribution in [2.45, 2.75) is 77.0 Å². The molecule has 0 radical (unpaired) electrons. The summed E-state index contributed by atoms with van der Waals surface area (Å²) in [5.41, 5.74) is 0.226. The Morgan fingerprint density at radius 3 is 2.66 bits per heavy atom. The molecule has 2 aliphatic rings. The predicted molar refractivity (Wildman–Crippen MR) is 138 cm³/mol.